The van der Waals surface area contributed by atoms with E-state index in [1.807, 2.05) is 58.1 Å². The highest BCUT2D eigenvalue weighted by molar-refractivity contribution is 6.39. The molecule has 14 heteroatoms. The molecule has 0 unspecified atom stereocenters. The van der Waals surface area contributed by atoms with Crippen LogP contribution in [0.15, 0.2) is 47.6 Å². The predicted octanol–water partition coefficient (Wildman–Crippen LogP) is 6.83. The summed E-state index contributed by atoms with van der Waals surface area (Å²) in [7, 11) is 6.15. The molecule has 3 heterocycles. The van der Waals surface area contributed by atoms with Crippen molar-refractivity contribution in [2.75, 3.05) is 35.0 Å². The van der Waals surface area contributed by atoms with Gasteiger partial charge in [0.25, 0.3) is 11.7 Å². The maximum absolute atomic E-state index is 14.4. The van der Waals surface area contributed by atoms with Gasteiger partial charge in [0, 0.05) is 65.6 Å². The lowest BCUT2D eigenvalue weighted by molar-refractivity contribution is -0.265. The first-order chi connectivity index (χ1) is 31.3. The van der Waals surface area contributed by atoms with Crippen LogP contribution in [0.1, 0.15) is 126 Å². The van der Waals surface area contributed by atoms with Crippen molar-refractivity contribution in [3.63, 3.8) is 0 Å². The maximum Gasteiger partial charge on any atom is 0.329 e. The summed E-state index contributed by atoms with van der Waals surface area (Å²) in [4.78, 5) is 72.3. The fourth-order valence-corrected chi connectivity index (χ4v) is 10.4. The van der Waals surface area contributed by atoms with Crippen LogP contribution >= 0.6 is 0 Å². The monoisotopic (exact) mass is 928 g/mol. The lowest BCUT2D eigenvalue weighted by Crippen LogP contribution is -2.61. The number of allylic oxidation sites excluding steroid dienone is 6. The fourth-order valence-electron chi connectivity index (χ4n) is 10.4. The van der Waals surface area contributed by atoms with Crippen molar-refractivity contribution in [2.24, 2.45) is 35.5 Å². The molecule has 2 saturated heterocycles. The number of esters is 1. The van der Waals surface area contributed by atoms with Gasteiger partial charge in [0.1, 0.15) is 30.1 Å². The molecule has 14 nitrogen and oxygen atoms in total. The lowest BCUT2D eigenvalue weighted by Gasteiger charge is -2.42. The summed E-state index contributed by atoms with van der Waals surface area (Å²) < 4.78 is 35.5. The molecule has 0 aromatic rings. The Kier molecular flexibility index (Phi) is 21.6. The molecule has 15 atom stereocenters. The van der Waals surface area contributed by atoms with Crippen LogP contribution in [0.5, 0.6) is 0 Å². The molecule has 0 radical (unpaired) electrons. The molecule has 1 aliphatic carbocycles. The van der Waals surface area contributed by atoms with Crippen molar-refractivity contribution >= 4 is 29.2 Å². The number of ether oxygens (including phenoxy) is 6. The van der Waals surface area contributed by atoms with E-state index in [-0.39, 0.29) is 60.7 Å². The predicted molar refractivity (Wildman–Crippen MR) is 250 cm³/mol. The molecule has 2 bridgehead atoms. The number of fused-ring (bicyclic) bond motifs is 3. The third-order valence-electron chi connectivity index (χ3n) is 14.7. The van der Waals surface area contributed by atoms with Crippen molar-refractivity contribution in [1.29, 1.82) is 0 Å². The number of cyclic esters (lactones) is 1. The summed E-state index contributed by atoms with van der Waals surface area (Å²) in [6.07, 6.45) is 12.6. The minimum absolute atomic E-state index is 0.0599. The number of carbonyl (C=O) groups is 5. The minimum atomic E-state index is -2.42. The molecular weight excluding hydrogens is 847 g/mol. The average Bonchev–Trinajstić information content (AvgIpc) is 3.29. The van der Waals surface area contributed by atoms with E-state index in [4.69, 9.17) is 28.4 Å². The van der Waals surface area contributed by atoms with E-state index in [1.54, 1.807) is 41.1 Å². The molecule has 0 spiro atoms. The third-order valence-corrected chi connectivity index (χ3v) is 14.7. The van der Waals surface area contributed by atoms with Gasteiger partial charge in [-0.1, -0.05) is 71.1 Å². The van der Waals surface area contributed by atoms with Crippen LogP contribution in [-0.4, -0.2) is 134 Å². The average molecular weight is 928 g/mol. The Morgan fingerprint density at radius 2 is 1.53 bits per heavy atom. The summed E-state index contributed by atoms with van der Waals surface area (Å²) in [5, 5.41) is 22.5. The highest BCUT2D eigenvalue weighted by atomic mass is 16.6. The Morgan fingerprint density at radius 1 is 0.818 bits per heavy atom. The third kappa shape index (κ3) is 14.3. The Morgan fingerprint density at radius 3 is 2.20 bits per heavy atom. The molecular formula is C52H81NO13. The lowest BCUT2D eigenvalue weighted by atomic mass is 9.78. The topological polar surface area (TPSA) is 184 Å². The van der Waals surface area contributed by atoms with Crippen molar-refractivity contribution in [3.8, 4) is 0 Å². The standard InChI is InChI=1S/C52H81NO13/c1-31-17-13-12-14-18-32(2)43(61-8)29-39-22-20-37(7)52(60,66-39)49(57)50(58)53-24-16-15-19-40(53)51(59)65-44(34(4)27-38-21-23-41(54)45(28-38)62-9)30-42(55)33(3)26-36(6)47(63-10)48(64-11)46(56)35(5)25-31/h12-14,17-18,26,31,33-35,37-41,43-45,47-48,54,60H,15-16,19-25,27-30H2,1-11H3/t31-,33-,34-,35-,37-,38+,39+,40+,41-,43+,44+,45-,47-,48+,52-/m1/s1. The normalized spacial score (nSPS) is 37.4. The molecule has 372 valence electrons. The zero-order chi connectivity index (χ0) is 48.9. The van der Waals surface area contributed by atoms with Crippen molar-refractivity contribution in [2.45, 2.75) is 180 Å². The summed E-state index contributed by atoms with van der Waals surface area (Å²) in [5.41, 5.74) is 1.54. The number of methoxy groups -OCH3 is 4. The Bertz CT molecular complexity index is 1770. The Balaban J connectivity index is 1.72. The first kappa shape index (κ1) is 55.2. The number of hydrogen-bond acceptors (Lipinski definition) is 13. The van der Waals surface area contributed by atoms with Crippen molar-refractivity contribution in [1.82, 2.24) is 4.90 Å². The van der Waals surface area contributed by atoms with Crippen LogP contribution in [0.3, 0.4) is 0 Å². The summed E-state index contributed by atoms with van der Waals surface area (Å²) in [6.45, 7) is 13.1. The summed E-state index contributed by atoms with van der Waals surface area (Å²) >= 11 is 0. The van der Waals surface area contributed by atoms with E-state index < -0.39 is 77.9 Å². The van der Waals surface area contributed by atoms with Crippen LogP contribution < -0.4 is 0 Å². The number of piperidine rings is 1. The second-order valence-corrected chi connectivity index (χ2v) is 19.8. The molecule has 1 amide bonds. The van der Waals surface area contributed by atoms with E-state index in [2.05, 4.69) is 0 Å². The molecule has 0 aromatic heterocycles. The minimum Gasteiger partial charge on any atom is -0.460 e. The number of nitrogens with zero attached hydrogens (tertiary/aromatic N) is 1. The number of ketones is 3. The quantitative estimate of drug-likeness (QED) is 0.154. The van der Waals surface area contributed by atoms with E-state index in [0.717, 1.165) is 12.0 Å². The summed E-state index contributed by atoms with van der Waals surface area (Å²) in [6, 6.07) is -1.12. The van der Waals surface area contributed by atoms with Gasteiger partial charge in [-0.2, -0.15) is 0 Å². The van der Waals surface area contributed by atoms with Crippen molar-refractivity contribution in [3.05, 3.63) is 47.6 Å². The first-order valence-corrected chi connectivity index (χ1v) is 24.3. The van der Waals surface area contributed by atoms with Gasteiger partial charge in [0.15, 0.2) is 5.78 Å². The van der Waals surface area contributed by atoms with Gasteiger partial charge >= 0.3 is 5.97 Å². The Labute approximate surface area is 393 Å². The first-order valence-electron chi connectivity index (χ1n) is 24.3. The second kappa shape index (κ2) is 25.8. The summed E-state index contributed by atoms with van der Waals surface area (Å²) in [5.74, 6) is -7.45. The zero-order valence-corrected chi connectivity index (χ0v) is 41.6. The van der Waals surface area contributed by atoms with E-state index >= 15 is 0 Å². The van der Waals surface area contributed by atoms with Gasteiger partial charge in [-0.3, -0.25) is 19.2 Å². The van der Waals surface area contributed by atoms with E-state index in [1.165, 1.54) is 19.1 Å². The number of hydrogen-bond donors (Lipinski definition) is 2. The van der Waals surface area contributed by atoms with Gasteiger partial charge < -0.3 is 43.5 Å². The molecule has 4 rings (SSSR count). The number of rotatable bonds is 7. The maximum atomic E-state index is 14.4. The van der Waals surface area contributed by atoms with Crippen LogP contribution in [0.2, 0.25) is 0 Å². The fraction of sp³-hybridized carbons (Fsp3) is 0.750. The zero-order valence-electron chi connectivity index (χ0n) is 41.6. The van der Waals surface area contributed by atoms with Gasteiger partial charge in [0.2, 0.25) is 5.79 Å². The smallest absolute Gasteiger partial charge is 0.329 e. The highest BCUT2D eigenvalue weighted by Crippen LogP contribution is 2.38. The highest BCUT2D eigenvalue weighted by Gasteiger charge is 2.53. The number of aliphatic hydroxyl groups is 2. The van der Waals surface area contributed by atoms with Crippen LogP contribution in [-0.2, 0) is 52.4 Å². The molecule has 1 saturated carbocycles. The molecule has 4 aliphatic rings. The SMILES string of the molecule is CO[C@H]1C[C@@H]2CC[C@@H](C)[C@@](O)(O2)C(=O)C(=O)N2CCCC[C@H]2C(=O)O[C@H]([C@H](C)C[C@@H]2CC[C@@H](O)[C@H](OC)C2)CC(=O)[C@H](C)C=C(C)[C@@H](OC)[C@@H](OC)C(=O)[C@H](C)C[C@H](C)C=CC=CC=C1C. The second-order valence-electron chi connectivity index (χ2n) is 19.8. The number of Topliss-reactive ketones (excluding diaryl/α,β-unsaturated/α-hetero) is 3. The van der Waals surface area contributed by atoms with Gasteiger partial charge in [0.05, 0.1) is 24.4 Å². The number of carbonyl (C=O) groups excluding carboxylic acids is 5. The van der Waals surface area contributed by atoms with Gasteiger partial charge in [-0.15, -0.1) is 0 Å². The molecule has 2 N–H and O–H groups in total. The molecule has 3 aliphatic heterocycles. The van der Waals surface area contributed by atoms with Gasteiger partial charge in [-0.25, -0.2) is 4.79 Å². The van der Waals surface area contributed by atoms with E-state index in [0.29, 0.717) is 63.4 Å². The largest absolute Gasteiger partial charge is 0.460 e. The Hall–Kier alpha value is -3.37. The number of aliphatic hydroxyl groups excluding tert-OH is 1. The van der Waals surface area contributed by atoms with Crippen molar-refractivity contribution < 1.29 is 62.6 Å². The van der Waals surface area contributed by atoms with Gasteiger partial charge in [-0.05, 0) is 107 Å². The number of amides is 1. The van der Waals surface area contributed by atoms with Crippen LogP contribution in [0.4, 0.5) is 0 Å². The van der Waals surface area contributed by atoms with Crippen LogP contribution in [0, 0.1) is 35.5 Å². The van der Waals surface area contributed by atoms with Crippen LogP contribution in [0.25, 0.3) is 0 Å². The molecule has 0 aromatic carbocycles. The van der Waals surface area contributed by atoms with E-state index in [9.17, 15) is 34.2 Å². The molecule has 66 heavy (non-hydrogen) atoms. The molecule has 3 fully saturated rings.